The number of carboxylic acids is 1. The maximum Gasteiger partial charge on any atom is 0.303 e. The lowest BCUT2D eigenvalue weighted by molar-refractivity contribution is -0.138. The zero-order valence-electron chi connectivity index (χ0n) is 12.0. The first kappa shape index (κ1) is 14.6. The number of hydrogen-bond donors (Lipinski definition) is 1. The molecule has 0 saturated carbocycles. The summed E-state index contributed by atoms with van der Waals surface area (Å²) >= 11 is 3.40. The number of aryl methyl sites for hydroxylation is 1. The summed E-state index contributed by atoms with van der Waals surface area (Å²) in [6.45, 7) is 0. The number of rotatable bonds is 3. The Morgan fingerprint density at radius 2 is 1.95 bits per heavy atom. The minimum absolute atomic E-state index is 0.0736. The summed E-state index contributed by atoms with van der Waals surface area (Å²) in [5.74, 6) is -0.445. The first-order valence-corrected chi connectivity index (χ1v) is 8.11. The molecule has 1 amide bonds. The monoisotopic (exact) mass is 354 g/mol. The molecule has 3 heterocycles. The van der Waals surface area contributed by atoms with Crippen LogP contribution in [0.3, 0.4) is 0 Å². The van der Waals surface area contributed by atoms with Gasteiger partial charge in [0.2, 0.25) is 0 Å². The van der Waals surface area contributed by atoms with E-state index in [9.17, 15) is 9.59 Å². The van der Waals surface area contributed by atoms with Crippen LogP contribution in [-0.2, 0) is 11.8 Å². The van der Waals surface area contributed by atoms with Gasteiger partial charge in [0.05, 0.1) is 0 Å². The number of hydrogen-bond acceptors (Lipinski definition) is 2. The zero-order valence-corrected chi connectivity index (χ0v) is 13.5. The second-order valence-electron chi connectivity index (χ2n) is 6.19. The van der Waals surface area contributed by atoms with Crippen molar-refractivity contribution in [2.24, 2.45) is 13.0 Å². The van der Waals surface area contributed by atoms with Gasteiger partial charge < -0.3 is 14.6 Å². The molecule has 2 atom stereocenters. The lowest BCUT2D eigenvalue weighted by Gasteiger charge is -2.38. The molecule has 21 heavy (non-hydrogen) atoms. The van der Waals surface area contributed by atoms with Crippen LogP contribution in [0.4, 0.5) is 0 Å². The Balaban J connectivity index is 1.77. The van der Waals surface area contributed by atoms with E-state index in [1.54, 1.807) is 0 Å². The van der Waals surface area contributed by atoms with E-state index in [0.29, 0.717) is 5.69 Å². The highest BCUT2D eigenvalue weighted by Gasteiger charge is 2.44. The second-order valence-corrected chi connectivity index (χ2v) is 7.10. The van der Waals surface area contributed by atoms with Crippen molar-refractivity contribution in [2.45, 2.75) is 44.2 Å². The number of halogens is 1. The highest BCUT2D eigenvalue weighted by molar-refractivity contribution is 9.10. The van der Waals surface area contributed by atoms with Gasteiger partial charge in [0, 0.05) is 36.2 Å². The van der Waals surface area contributed by atoms with Crippen LogP contribution in [0.2, 0.25) is 0 Å². The molecular weight excluding hydrogens is 336 g/mol. The molecule has 5 nitrogen and oxygen atoms in total. The molecule has 1 N–H and O–H groups in total. The Bertz CT molecular complexity index is 569. The number of fused-ring (bicyclic) bond motifs is 2. The summed E-state index contributed by atoms with van der Waals surface area (Å²) in [6, 6.07) is 2.26. The number of carbonyl (C=O) groups excluding carboxylic acids is 1. The van der Waals surface area contributed by atoms with Crippen LogP contribution in [0.25, 0.3) is 0 Å². The van der Waals surface area contributed by atoms with Crippen LogP contribution in [0, 0.1) is 5.92 Å². The summed E-state index contributed by atoms with van der Waals surface area (Å²) in [7, 11) is 1.87. The number of amides is 1. The fraction of sp³-hybridized carbons (Fsp3) is 0.600. The topological polar surface area (TPSA) is 62.5 Å². The molecule has 114 valence electrons. The summed E-state index contributed by atoms with van der Waals surface area (Å²) in [6.07, 6.45) is 5.74. The third kappa shape index (κ3) is 2.73. The van der Waals surface area contributed by atoms with Crippen LogP contribution in [-0.4, -0.2) is 38.5 Å². The number of aromatic nitrogens is 1. The molecule has 2 saturated heterocycles. The molecule has 1 aromatic rings. The van der Waals surface area contributed by atoms with Gasteiger partial charge in [0.25, 0.3) is 5.91 Å². The number of carbonyl (C=O) groups is 2. The predicted molar refractivity (Wildman–Crippen MR) is 81.1 cm³/mol. The van der Waals surface area contributed by atoms with E-state index in [1.807, 2.05) is 28.8 Å². The Labute approximate surface area is 132 Å². The first-order chi connectivity index (χ1) is 9.95. The predicted octanol–water partition coefficient (Wildman–Crippen LogP) is 2.65. The van der Waals surface area contributed by atoms with Crippen LogP contribution < -0.4 is 0 Å². The average molecular weight is 355 g/mol. The van der Waals surface area contributed by atoms with Gasteiger partial charge in [-0.05, 0) is 53.6 Å². The number of piperidine rings is 1. The zero-order chi connectivity index (χ0) is 15.1. The molecule has 1 aromatic heterocycles. The molecule has 0 aliphatic carbocycles. The van der Waals surface area contributed by atoms with Crippen LogP contribution in [0.15, 0.2) is 16.7 Å². The molecular formula is C15H19BrN2O3. The van der Waals surface area contributed by atoms with Crippen molar-refractivity contribution in [2.75, 3.05) is 0 Å². The Kier molecular flexibility index (Phi) is 3.82. The number of aliphatic carboxylic acids is 1. The molecule has 0 spiro atoms. The van der Waals surface area contributed by atoms with Gasteiger partial charge in [0.15, 0.2) is 0 Å². The summed E-state index contributed by atoms with van der Waals surface area (Å²) < 4.78 is 2.75. The fourth-order valence-corrected chi connectivity index (χ4v) is 4.43. The smallest absolute Gasteiger partial charge is 0.303 e. The SMILES string of the molecule is Cn1cc(Br)cc1C(=O)N1C2CCC1CC(CC(=O)O)C2. The lowest BCUT2D eigenvalue weighted by Crippen LogP contribution is -2.47. The van der Waals surface area contributed by atoms with Gasteiger partial charge in [-0.1, -0.05) is 0 Å². The van der Waals surface area contributed by atoms with Crippen LogP contribution in [0.5, 0.6) is 0 Å². The molecule has 0 aromatic carbocycles. The standard InChI is InChI=1S/C15H19BrN2O3/c1-17-8-10(16)7-13(17)15(21)18-11-2-3-12(18)5-9(4-11)6-14(19)20/h7-9,11-12H,2-6H2,1H3,(H,19,20). The van der Waals surface area contributed by atoms with Crippen molar-refractivity contribution in [3.8, 4) is 0 Å². The molecule has 6 heteroatoms. The van der Waals surface area contributed by atoms with Crippen molar-refractivity contribution in [1.82, 2.24) is 9.47 Å². The molecule has 2 fully saturated rings. The maximum absolute atomic E-state index is 12.8. The normalized spacial score (nSPS) is 27.9. The van der Waals surface area contributed by atoms with E-state index in [1.165, 1.54) is 0 Å². The van der Waals surface area contributed by atoms with Crippen molar-refractivity contribution in [3.05, 3.63) is 22.4 Å². The Hall–Kier alpha value is -1.30. The van der Waals surface area contributed by atoms with E-state index in [2.05, 4.69) is 15.9 Å². The quantitative estimate of drug-likeness (QED) is 0.907. The van der Waals surface area contributed by atoms with E-state index in [0.717, 1.165) is 30.2 Å². The maximum atomic E-state index is 12.8. The van der Waals surface area contributed by atoms with E-state index >= 15 is 0 Å². The lowest BCUT2D eigenvalue weighted by atomic mass is 9.88. The molecule has 2 aliphatic rings. The molecule has 2 bridgehead atoms. The Morgan fingerprint density at radius 3 is 2.43 bits per heavy atom. The van der Waals surface area contributed by atoms with Gasteiger partial charge in [-0.2, -0.15) is 0 Å². The Morgan fingerprint density at radius 1 is 1.33 bits per heavy atom. The molecule has 2 unspecified atom stereocenters. The molecule has 2 aliphatic heterocycles. The van der Waals surface area contributed by atoms with Gasteiger partial charge in [-0.25, -0.2) is 0 Å². The highest BCUT2D eigenvalue weighted by atomic mass is 79.9. The van der Waals surface area contributed by atoms with Crippen molar-refractivity contribution < 1.29 is 14.7 Å². The van der Waals surface area contributed by atoms with Crippen molar-refractivity contribution in [1.29, 1.82) is 0 Å². The van der Waals surface area contributed by atoms with Gasteiger partial charge in [-0.3, -0.25) is 9.59 Å². The highest BCUT2D eigenvalue weighted by Crippen LogP contribution is 2.40. The average Bonchev–Trinajstić information content (AvgIpc) is 2.85. The largest absolute Gasteiger partial charge is 0.481 e. The van der Waals surface area contributed by atoms with E-state index in [4.69, 9.17) is 5.11 Å². The van der Waals surface area contributed by atoms with Crippen LogP contribution >= 0.6 is 15.9 Å². The second kappa shape index (κ2) is 5.48. The summed E-state index contributed by atoms with van der Waals surface area (Å²) in [4.78, 5) is 25.7. The molecule has 0 radical (unpaired) electrons. The van der Waals surface area contributed by atoms with Crippen molar-refractivity contribution in [3.63, 3.8) is 0 Å². The van der Waals surface area contributed by atoms with Crippen LogP contribution in [0.1, 0.15) is 42.6 Å². The van der Waals surface area contributed by atoms with Gasteiger partial charge in [-0.15, -0.1) is 0 Å². The third-order valence-electron chi connectivity index (χ3n) is 4.72. The summed E-state index contributed by atoms with van der Waals surface area (Å²) in [5.41, 5.74) is 0.690. The minimum Gasteiger partial charge on any atom is -0.481 e. The molecule has 3 rings (SSSR count). The van der Waals surface area contributed by atoms with Crippen molar-refractivity contribution >= 4 is 27.8 Å². The number of nitrogens with zero attached hydrogens (tertiary/aromatic N) is 2. The van der Waals surface area contributed by atoms with Gasteiger partial charge in [0.1, 0.15) is 5.69 Å². The minimum atomic E-state index is -0.731. The van der Waals surface area contributed by atoms with E-state index in [-0.39, 0.29) is 30.3 Å². The number of carboxylic acid groups (broad SMARTS) is 1. The fourth-order valence-electron chi connectivity index (χ4n) is 3.90. The summed E-state index contributed by atoms with van der Waals surface area (Å²) in [5, 5.41) is 8.96. The van der Waals surface area contributed by atoms with E-state index < -0.39 is 5.97 Å². The van der Waals surface area contributed by atoms with Gasteiger partial charge >= 0.3 is 5.97 Å². The third-order valence-corrected chi connectivity index (χ3v) is 5.15. The first-order valence-electron chi connectivity index (χ1n) is 7.32.